The molecule has 0 spiro atoms. The summed E-state index contributed by atoms with van der Waals surface area (Å²) < 4.78 is 4.12. The summed E-state index contributed by atoms with van der Waals surface area (Å²) >= 11 is 2.81. The lowest BCUT2D eigenvalue weighted by Gasteiger charge is -1.95. The molecule has 0 bridgehead atoms. The smallest absolute Gasteiger partial charge is 0.130 e. The maximum atomic E-state index is 8.77. The van der Waals surface area contributed by atoms with Crippen molar-refractivity contribution in [2.24, 2.45) is 0 Å². The molecular weight excluding hydrogens is 202 g/mol. The maximum absolute atomic E-state index is 8.77. The van der Waals surface area contributed by atoms with Crippen LogP contribution in [0.4, 0.5) is 5.00 Å². The van der Waals surface area contributed by atoms with Crippen molar-refractivity contribution in [3.8, 4) is 6.07 Å². The molecule has 0 aromatic carbocycles. The quantitative estimate of drug-likeness (QED) is 0.616. The third kappa shape index (κ3) is 2.61. The number of nitrogens with two attached hydrogens (primary N) is 1. The zero-order valence-corrected chi connectivity index (χ0v) is 9.04. The van der Waals surface area contributed by atoms with Crippen molar-refractivity contribution in [2.45, 2.75) is 24.8 Å². The molecule has 0 aliphatic carbocycles. The molecule has 13 heavy (non-hydrogen) atoms. The van der Waals surface area contributed by atoms with E-state index < -0.39 is 0 Å². The number of unbranched alkanes of at least 4 members (excludes halogenated alkanes) is 1. The Kier molecular flexibility index (Phi) is 4.06. The standard InChI is InChI=1S/C8H11N3S2/c1-2-3-4-12-8-6(5-9)7(10)13-11-8/h2-4,10H2,1H3. The van der Waals surface area contributed by atoms with E-state index in [1.807, 2.05) is 0 Å². The average Bonchev–Trinajstić information content (AvgIpc) is 2.47. The van der Waals surface area contributed by atoms with Crippen molar-refractivity contribution in [1.29, 1.82) is 5.26 Å². The molecule has 2 N–H and O–H groups in total. The van der Waals surface area contributed by atoms with Gasteiger partial charge < -0.3 is 5.73 Å². The van der Waals surface area contributed by atoms with Gasteiger partial charge in [0.1, 0.15) is 21.7 Å². The Morgan fingerprint density at radius 1 is 1.69 bits per heavy atom. The minimum Gasteiger partial charge on any atom is -0.388 e. The number of nitrogen functional groups attached to an aromatic ring is 1. The number of hydrogen-bond acceptors (Lipinski definition) is 5. The first kappa shape index (κ1) is 10.4. The lowest BCUT2D eigenvalue weighted by molar-refractivity contribution is 0.895. The van der Waals surface area contributed by atoms with Crippen LogP contribution in [0.2, 0.25) is 0 Å². The summed E-state index contributed by atoms with van der Waals surface area (Å²) in [5.74, 6) is 1.01. The fourth-order valence-corrected chi connectivity index (χ4v) is 2.62. The van der Waals surface area contributed by atoms with Gasteiger partial charge in [-0.2, -0.15) is 9.64 Å². The molecule has 0 saturated heterocycles. The normalized spacial score (nSPS) is 9.85. The first-order valence-corrected chi connectivity index (χ1v) is 5.83. The van der Waals surface area contributed by atoms with Crippen molar-refractivity contribution >= 4 is 28.3 Å². The number of nitrogens with zero attached hydrogens (tertiary/aromatic N) is 2. The highest BCUT2D eigenvalue weighted by Gasteiger charge is 2.10. The summed E-state index contributed by atoms with van der Waals surface area (Å²) in [5, 5.41) is 10.1. The molecule has 0 saturated carbocycles. The van der Waals surface area contributed by atoms with Gasteiger partial charge in [0.25, 0.3) is 0 Å². The summed E-state index contributed by atoms with van der Waals surface area (Å²) in [6.45, 7) is 2.14. The number of hydrogen-bond donors (Lipinski definition) is 1. The third-order valence-electron chi connectivity index (χ3n) is 1.54. The van der Waals surface area contributed by atoms with Crippen molar-refractivity contribution in [1.82, 2.24) is 4.37 Å². The highest BCUT2D eigenvalue weighted by Crippen LogP contribution is 2.29. The second-order valence-electron chi connectivity index (χ2n) is 2.54. The van der Waals surface area contributed by atoms with Crippen LogP contribution in [-0.2, 0) is 0 Å². The molecule has 0 fully saturated rings. The van der Waals surface area contributed by atoms with E-state index in [4.69, 9.17) is 11.0 Å². The third-order valence-corrected chi connectivity index (χ3v) is 3.39. The molecule has 1 aromatic heterocycles. The van der Waals surface area contributed by atoms with Crippen LogP contribution >= 0.6 is 23.3 Å². The lowest BCUT2D eigenvalue weighted by Crippen LogP contribution is -1.85. The lowest BCUT2D eigenvalue weighted by atomic mass is 10.4. The summed E-state index contributed by atoms with van der Waals surface area (Å²) in [7, 11) is 0. The molecule has 5 heteroatoms. The molecule has 0 atom stereocenters. The van der Waals surface area contributed by atoms with Gasteiger partial charge in [-0.1, -0.05) is 13.3 Å². The Hall–Kier alpha value is -0.730. The van der Waals surface area contributed by atoms with E-state index in [2.05, 4.69) is 17.4 Å². The highest BCUT2D eigenvalue weighted by molar-refractivity contribution is 7.99. The zero-order chi connectivity index (χ0) is 9.68. The summed E-state index contributed by atoms with van der Waals surface area (Å²) in [4.78, 5) is 0. The van der Waals surface area contributed by atoms with Gasteiger partial charge in [0.2, 0.25) is 0 Å². The summed E-state index contributed by atoms with van der Waals surface area (Å²) in [6.07, 6.45) is 2.31. The van der Waals surface area contributed by atoms with E-state index in [0.29, 0.717) is 10.6 Å². The Bertz CT molecular complexity index is 314. The minimum absolute atomic E-state index is 0.529. The molecule has 0 aliphatic rings. The monoisotopic (exact) mass is 213 g/mol. The van der Waals surface area contributed by atoms with Crippen molar-refractivity contribution in [2.75, 3.05) is 11.5 Å². The first-order valence-electron chi connectivity index (χ1n) is 4.07. The van der Waals surface area contributed by atoms with E-state index in [1.54, 1.807) is 11.8 Å². The SMILES string of the molecule is CCCCSc1nsc(N)c1C#N. The second-order valence-corrected chi connectivity index (χ2v) is 4.43. The second kappa shape index (κ2) is 5.10. The Morgan fingerprint density at radius 3 is 3.08 bits per heavy atom. The van der Waals surface area contributed by atoms with Crippen LogP contribution in [0.3, 0.4) is 0 Å². The summed E-state index contributed by atoms with van der Waals surface area (Å²) in [5.41, 5.74) is 6.12. The maximum Gasteiger partial charge on any atom is 0.130 e. The Balaban J connectivity index is 2.62. The predicted molar refractivity (Wildman–Crippen MR) is 56.9 cm³/mol. The van der Waals surface area contributed by atoms with Crippen LogP contribution in [0.25, 0.3) is 0 Å². The molecular formula is C8H11N3S2. The highest BCUT2D eigenvalue weighted by atomic mass is 32.2. The number of rotatable bonds is 4. The van der Waals surface area contributed by atoms with Gasteiger partial charge in [0.05, 0.1) is 0 Å². The van der Waals surface area contributed by atoms with Gasteiger partial charge in [-0.3, -0.25) is 0 Å². The zero-order valence-electron chi connectivity index (χ0n) is 7.41. The fourth-order valence-electron chi connectivity index (χ4n) is 0.802. The van der Waals surface area contributed by atoms with E-state index in [0.717, 1.165) is 23.6 Å². The molecule has 0 aliphatic heterocycles. The largest absolute Gasteiger partial charge is 0.388 e. The van der Waals surface area contributed by atoms with Crippen molar-refractivity contribution in [3.63, 3.8) is 0 Å². The Morgan fingerprint density at radius 2 is 2.46 bits per heavy atom. The van der Waals surface area contributed by atoms with Crippen LogP contribution in [0, 0.1) is 11.3 Å². The number of anilines is 1. The summed E-state index contributed by atoms with van der Waals surface area (Å²) in [6, 6.07) is 2.07. The molecule has 3 nitrogen and oxygen atoms in total. The first-order chi connectivity index (χ1) is 6.29. The van der Waals surface area contributed by atoms with Gasteiger partial charge in [0, 0.05) is 0 Å². The van der Waals surface area contributed by atoms with Crippen LogP contribution < -0.4 is 5.73 Å². The topological polar surface area (TPSA) is 62.7 Å². The van der Waals surface area contributed by atoms with Gasteiger partial charge in [-0.05, 0) is 23.7 Å². The number of aromatic nitrogens is 1. The molecule has 1 rings (SSSR count). The molecule has 0 amide bonds. The fraction of sp³-hybridized carbons (Fsp3) is 0.500. The van der Waals surface area contributed by atoms with Crippen LogP contribution in [0.5, 0.6) is 0 Å². The molecule has 0 radical (unpaired) electrons. The van der Waals surface area contributed by atoms with E-state index >= 15 is 0 Å². The van der Waals surface area contributed by atoms with Gasteiger partial charge >= 0.3 is 0 Å². The average molecular weight is 213 g/mol. The molecule has 1 aromatic rings. The van der Waals surface area contributed by atoms with Gasteiger partial charge in [0.15, 0.2) is 0 Å². The van der Waals surface area contributed by atoms with Gasteiger partial charge in [-0.15, -0.1) is 11.8 Å². The predicted octanol–water partition coefficient (Wildman–Crippen LogP) is 2.49. The minimum atomic E-state index is 0.529. The van der Waals surface area contributed by atoms with Gasteiger partial charge in [-0.25, -0.2) is 0 Å². The molecule has 0 unspecified atom stereocenters. The van der Waals surface area contributed by atoms with Crippen LogP contribution in [0.15, 0.2) is 5.03 Å². The van der Waals surface area contributed by atoms with Crippen molar-refractivity contribution in [3.05, 3.63) is 5.56 Å². The number of nitriles is 1. The Labute approximate surface area is 86.1 Å². The van der Waals surface area contributed by atoms with Crippen LogP contribution in [0.1, 0.15) is 25.3 Å². The number of thioether (sulfide) groups is 1. The van der Waals surface area contributed by atoms with E-state index in [9.17, 15) is 0 Å². The van der Waals surface area contributed by atoms with E-state index in [1.165, 1.54) is 11.5 Å². The van der Waals surface area contributed by atoms with E-state index in [-0.39, 0.29) is 0 Å². The molecule has 1 heterocycles. The van der Waals surface area contributed by atoms with Crippen LogP contribution in [-0.4, -0.2) is 10.1 Å². The van der Waals surface area contributed by atoms with Crippen molar-refractivity contribution < 1.29 is 0 Å². The molecule has 70 valence electrons.